The minimum Gasteiger partial charge on any atom is -0.497 e. The van der Waals surface area contributed by atoms with E-state index in [1.54, 1.807) is 18.2 Å². The van der Waals surface area contributed by atoms with Crippen LogP contribution in [0.15, 0.2) is 36.4 Å². The summed E-state index contributed by atoms with van der Waals surface area (Å²) in [7, 11) is 2.95. The fraction of sp³-hybridized carbons (Fsp3) is 0.176. The fourth-order valence-electron chi connectivity index (χ4n) is 2.24. The number of amides is 3. The number of anilines is 1. The Morgan fingerprint density at radius 2 is 1.78 bits per heavy atom. The number of carbonyl (C=O) groups is 2. The lowest BCUT2D eigenvalue weighted by molar-refractivity contribution is -0.385. The molecule has 3 N–H and O–H groups in total. The summed E-state index contributed by atoms with van der Waals surface area (Å²) < 4.78 is 10.2. The summed E-state index contributed by atoms with van der Waals surface area (Å²) in [5.74, 6) is 0.311. The van der Waals surface area contributed by atoms with Crippen molar-refractivity contribution >= 4 is 23.3 Å². The Morgan fingerprint density at radius 1 is 1.04 bits per heavy atom. The maximum absolute atomic E-state index is 12.1. The van der Waals surface area contributed by atoms with E-state index in [0.717, 1.165) is 0 Å². The number of rotatable bonds is 5. The molecule has 3 amide bonds. The molecular weight excluding hydrogens is 356 g/mol. The molecule has 0 spiro atoms. The van der Waals surface area contributed by atoms with E-state index in [1.165, 1.54) is 39.3 Å². The van der Waals surface area contributed by atoms with Crippen LogP contribution in [0.25, 0.3) is 0 Å². The van der Waals surface area contributed by atoms with Crippen LogP contribution < -0.4 is 25.6 Å². The first kappa shape index (κ1) is 19.5. The molecule has 0 radical (unpaired) electrons. The zero-order valence-electron chi connectivity index (χ0n) is 14.9. The second-order valence-corrected chi connectivity index (χ2v) is 5.36. The van der Waals surface area contributed by atoms with Gasteiger partial charge < -0.3 is 14.8 Å². The van der Waals surface area contributed by atoms with Crippen LogP contribution in [0.4, 0.5) is 16.2 Å². The fourth-order valence-corrected chi connectivity index (χ4v) is 2.24. The Bertz CT molecular complexity index is 884. The van der Waals surface area contributed by atoms with Crippen molar-refractivity contribution in [2.45, 2.75) is 6.92 Å². The second-order valence-electron chi connectivity index (χ2n) is 5.36. The highest BCUT2D eigenvalue weighted by Crippen LogP contribution is 2.28. The van der Waals surface area contributed by atoms with E-state index in [1.807, 2.05) is 0 Å². The SMILES string of the molecule is COc1ccc(NC(=O)NNC(=O)c2ccc([N+](=O)[O-])c(C)c2)c(OC)c1. The van der Waals surface area contributed by atoms with Gasteiger partial charge in [0.1, 0.15) is 11.5 Å². The predicted molar refractivity (Wildman–Crippen MR) is 97.0 cm³/mol. The van der Waals surface area contributed by atoms with Gasteiger partial charge in [0.15, 0.2) is 0 Å². The van der Waals surface area contributed by atoms with Gasteiger partial charge in [-0.15, -0.1) is 0 Å². The molecule has 2 rings (SSSR count). The van der Waals surface area contributed by atoms with Crippen LogP contribution in [0, 0.1) is 17.0 Å². The molecular formula is C17H18N4O6. The molecule has 0 heterocycles. The summed E-state index contributed by atoms with van der Waals surface area (Å²) >= 11 is 0. The number of methoxy groups -OCH3 is 2. The molecule has 0 fully saturated rings. The number of nitrogens with zero attached hydrogens (tertiary/aromatic N) is 1. The highest BCUT2D eigenvalue weighted by atomic mass is 16.6. The number of nitrogens with one attached hydrogen (secondary N) is 3. The van der Waals surface area contributed by atoms with E-state index in [0.29, 0.717) is 22.7 Å². The standard InChI is InChI=1S/C17H18N4O6/c1-10-8-11(4-7-14(10)21(24)25)16(22)19-20-17(23)18-13-6-5-12(26-2)9-15(13)27-3/h4-9H,1-3H3,(H,19,22)(H2,18,20,23). The number of ether oxygens (including phenoxy) is 2. The summed E-state index contributed by atoms with van der Waals surface area (Å²) in [6, 6.07) is 7.99. The number of carbonyl (C=O) groups excluding carboxylic acids is 2. The average Bonchev–Trinajstić information content (AvgIpc) is 2.65. The van der Waals surface area contributed by atoms with Crippen molar-refractivity contribution in [3.8, 4) is 11.5 Å². The predicted octanol–water partition coefficient (Wildman–Crippen LogP) is 2.39. The molecule has 0 atom stereocenters. The summed E-state index contributed by atoms with van der Waals surface area (Å²) in [6.07, 6.45) is 0. The van der Waals surface area contributed by atoms with Gasteiger partial charge in [-0.25, -0.2) is 10.2 Å². The van der Waals surface area contributed by atoms with Crippen molar-refractivity contribution < 1.29 is 24.0 Å². The number of benzene rings is 2. The number of urea groups is 1. The molecule has 27 heavy (non-hydrogen) atoms. The Labute approximate surface area is 154 Å². The molecule has 0 unspecified atom stereocenters. The highest BCUT2D eigenvalue weighted by Gasteiger charge is 2.15. The zero-order chi connectivity index (χ0) is 20.0. The second kappa shape index (κ2) is 8.52. The van der Waals surface area contributed by atoms with Crippen molar-refractivity contribution in [3.05, 3.63) is 57.6 Å². The molecule has 142 valence electrons. The van der Waals surface area contributed by atoms with E-state index in [-0.39, 0.29) is 11.3 Å². The molecule has 0 aromatic heterocycles. The van der Waals surface area contributed by atoms with E-state index in [2.05, 4.69) is 16.2 Å². The van der Waals surface area contributed by atoms with Crippen LogP contribution in [-0.4, -0.2) is 31.1 Å². The first-order valence-electron chi connectivity index (χ1n) is 7.70. The van der Waals surface area contributed by atoms with Gasteiger partial charge in [-0.05, 0) is 31.2 Å². The van der Waals surface area contributed by atoms with E-state index < -0.39 is 16.9 Å². The number of hydrazine groups is 1. The summed E-state index contributed by atoms with van der Waals surface area (Å²) in [5, 5.41) is 13.3. The van der Waals surface area contributed by atoms with Crippen molar-refractivity contribution in [3.63, 3.8) is 0 Å². The van der Waals surface area contributed by atoms with Crippen LogP contribution in [0.3, 0.4) is 0 Å². The summed E-state index contributed by atoms with van der Waals surface area (Å²) in [4.78, 5) is 34.3. The molecule has 2 aromatic carbocycles. The topological polar surface area (TPSA) is 132 Å². The van der Waals surface area contributed by atoms with Gasteiger partial charge in [0, 0.05) is 23.3 Å². The quantitative estimate of drug-likeness (QED) is 0.544. The number of nitro groups is 1. The molecule has 10 nitrogen and oxygen atoms in total. The third-order valence-corrected chi connectivity index (χ3v) is 3.60. The Morgan fingerprint density at radius 3 is 2.37 bits per heavy atom. The minimum atomic E-state index is -0.703. The molecule has 0 saturated heterocycles. The molecule has 0 aliphatic heterocycles. The van der Waals surface area contributed by atoms with Crippen LogP contribution in [0.2, 0.25) is 0 Å². The van der Waals surface area contributed by atoms with Crippen LogP contribution in [0.1, 0.15) is 15.9 Å². The van der Waals surface area contributed by atoms with Gasteiger partial charge in [-0.1, -0.05) is 0 Å². The Balaban J connectivity index is 1.98. The normalized spacial score (nSPS) is 9.89. The molecule has 0 aliphatic rings. The molecule has 0 saturated carbocycles. The zero-order valence-corrected chi connectivity index (χ0v) is 14.9. The van der Waals surface area contributed by atoms with Crippen molar-refractivity contribution in [1.82, 2.24) is 10.9 Å². The number of hydrogen-bond donors (Lipinski definition) is 3. The summed E-state index contributed by atoms with van der Waals surface area (Å²) in [5.41, 5.74) is 5.19. The number of aryl methyl sites for hydroxylation is 1. The van der Waals surface area contributed by atoms with E-state index >= 15 is 0 Å². The minimum absolute atomic E-state index is 0.0937. The van der Waals surface area contributed by atoms with Gasteiger partial charge in [0.25, 0.3) is 11.6 Å². The number of nitro benzene ring substituents is 1. The first-order valence-corrected chi connectivity index (χ1v) is 7.70. The van der Waals surface area contributed by atoms with Crippen molar-refractivity contribution in [1.29, 1.82) is 0 Å². The smallest absolute Gasteiger partial charge is 0.338 e. The van der Waals surface area contributed by atoms with Crippen LogP contribution in [-0.2, 0) is 0 Å². The molecule has 0 aliphatic carbocycles. The van der Waals surface area contributed by atoms with Crippen LogP contribution >= 0.6 is 0 Å². The van der Waals surface area contributed by atoms with Gasteiger partial charge in [0.05, 0.1) is 24.8 Å². The molecule has 2 aromatic rings. The maximum Gasteiger partial charge on any atom is 0.338 e. The largest absolute Gasteiger partial charge is 0.497 e. The monoisotopic (exact) mass is 374 g/mol. The first-order chi connectivity index (χ1) is 12.8. The Hall–Kier alpha value is -3.82. The summed E-state index contributed by atoms with van der Waals surface area (Å²) in [6.45, 7) is 1.52. The average molecular weight is 374 g/mol. The van der Waals surface area contributed by atoms with Gasteiger partial charge in [-0.3, -0.25) is 20.3 Å². The molecule has 10 heteroatoms. The van der Waals surface area contributed by atoms with Gasteiger partial charge in [-0.2, -0.15) is 0 Å². The number of hydrogen-bond acceptors (Lipinski definition) is 6. The third-order valence-electron chi connectivity index (χ3n) is 3.60. The van der Waals surface area contributed by atoms with Crippen molar-refractivity contribution in [2.75, 3.05) is 19.5 Å². The van der Waals surface area contributed by atoms with E-state index in [9.17, 15) is 19.7 Å². The lowest BCUT2D eigenvalue weighted by atomic mass is 10.1. The lowest BCUT2D eigenvalue weighted by Gasteiger charge is -2.13. The molecule has 0 bridgehead atoms. The van der Waals surface area contributed by atoms with Crippen molar-refractivity contribution in [2.24, 2.45) is 0 Å². The van der Waals surface area contributed by atoms with Gasteiger partial charge in [0.2, 0.25) is 0 Å². The van der Waals surface area contributed by atoms with Gasteiger partial charge >= 0.3 is 6.03 Å². The van der Waals surface area contributed by atoms with Crippen LogP contribution in [0.5, 0.6) is 11.5 Å². The Kier molecular flexibility index (Phi) is 6.15. The third kappa shape index (κ3) is 4.84. The lowest BCUT2D eigenvalue weighted by Crippen LogP contribution is -2.44. The highest BCUT2D eigenvalue weighted by molar-refractivity contribution is 5.97. The maximum atomic E-state index is 12.1. The van der Waals surface area contributed by atoms with E-state index in [4.69, 9.17) is 9.47 Å².